The molecule has 31 heavy (non-hydrogen) atoms. The highest BCUT2D eigenvalue weighted by Gasteiger charge is 2.21. The highest BCUT2D eigenvalue weighted by atomic mass is 32.2. The molecule has 0 aliphatic heterocycles. The van der Waals surface area contributed by atoms with Gasteiger partial charge in [0, 0.05) is 23.4 Å². The van der Waals surface area contributed by atoms with Crippen molar-refractivity contribution in [3.8, 4) is 28.6 Å². The zero-order valence-electron chi connectivity index (χ0n) is 17.8. The Morgan fingerprint density at radius 3 is 2.26 bits per heavy atom. The SMILES string of the molecule is COc1ccc(OC)c(S(=O)(=O)Nc2ccc(-c3ccc(OCC(C)C)nn3)cc2)c1. The largest absolute Gasteiger partial charge is 0.497 e. The van der Waals surface area contributed by atoms with Crippen LogP contribution in [0.3, 0.4) is 0 Å². The highest BCUT2D eigenvalue weighted by molar-refractivity contribution is 7.92. The first-order valence-corrected chi connectivity index (χ1v) is 11.1. The van der Waals surface area contributed by atoms with E-state index in [-0.39, 0.29) is 10.6 Å². The number of sulfonamides is 1. The van der Waals surface area contributed by atoms with Gasteiger partial charge in [-0.1, -0.05) is 26.0 Å². The van der Waals surface area contributed by atoms with E-state index >= 15 is 0 Å². The third-order valence-corrected chi connectivity index (χ3v) is 5.70. The standard InChI is InChI=1S/C22H25N3O5S/c1-15(2)14-30-22-12-10-19(23-24-22)16-5-7-17(8-6-16)25-31(26,27)21-13-18(28-3)9-11-20(21)29-4/h5-13,15,25H,14H2,1-4H3. The monoisotopic (exact) mass is 443 g/mol. The van der Waals surface area contributed by atoms with Crippen molar-refractivity contribution in [1.29, 1.82) is 0 Å². The molecule has 0 radical (unpaired) electrons. The van der Waals surface area contributed by atoms with Crippen molar-refractivity contribution in [3.63, 3.8) is 0 Å². The molecule has 8 nitrogen and oxygen atoms in total. The fraction of sp³-hybridized carbons (Fsp3) is 0.273. The molecule has 1 N–H and O–H groups in total. The first-order chi connectivity index (χ1) is 14.8. The van der Waals surface area contributed by atoms with Crippen molar-refractivity contribution in [2.45, 2.75) is 18.7 Å². The molecule has 0 aliphatic rings. The van der Waals surface area contributed by atoms with Crippen LogP contribution in [-0.4, -0.2) is 39.4 Å². The van der Waals surface area contributed by atoms with E-state index in [1.165, 1.54) is 20.3 Å². The van der Waals surface area contributed by atoms with Crippen LogP contribution in [0.15, 0.2) is 59.5 Å². The van der Waals surface area contributed by atoms with E-state index in [4.69, 9.17) is 14.2 Å². The van der Waals surface area contributed by atoms with Gasteiger partial charge in [0.15, 0.2) is 0 Å². The van der Waals surface area contributed by atoms with Crippen LogP contribution >= 0.6 is 0 Å². The van der Waals surface area contributed by atoms with Crippen molar-refractivity contribution < 1.29 is 22.6 Å². The van der Waals surface area contributed by atoms with Gasteiger partial charge >= 0.3 is 0 Å². The van der Waals surface area contributed by atoms with Gasteiger partial charge < -0.3 is 14.2 Å². The van der Waals surface area contributed by atoms with Crippen molar-refractivity contribution in [1.82, 2.24) is 10.2 Å². The lowest BCUT2D eigenvalue weighted by Gasteiger charge is -2.13. The van der Waals surface area contributed by atoms with Crippen LogP contribution in [-0.2, 0) is 10.0 Å². The minimum absolute atomic E-state index is 0.0127. The minimum Gasteiger partial charge on any atom is -0.497 e. The summed E-state index contributed by atoms with van der Waals surface area (Å²) in [6, 6.07) is 15.0. The zero-order valence-corrected chi connectivity index (χ0v) is 18.6. The summed E-state index contributed by atoms with van der Waals surface area (Å²) >= 11 is 0. The summed E-state index contributed by atoms with van der Waals surface area (Å²) in [7, 11) is -1.00. The molecule has 1 heterocycles. The van der Waals surface area contributed by atoms with Crippen LogP contribution in [0.2, 0.25) is 0 Å². The number of benzene rings is 2. The Kier molecular flexibility index (Phi) is 6.96. The first-order valence-electron chi connectivity index (χ1n) is 9.64. The van der Waals surface area contributed by atoms with Gasteiger partial charge in [-0.25, -0.2) is 8.42 Å². The van der Waals surface area contributed by atoms with Gasteiger partial charge in [-0.05, 0) is 36.2 Å². The predicted octanol–water partition coefficient (Wildman–Crippen LogP) is 4.00. The summed E-state index contributed by atoms with van der Waals surface area (Å²) in [5.41, 5.74) is 1.85. The molecule has 164 valence electrons. The predicted molar refractivity (Wildman–Crippen MR) is 118 cm³/mol. The second-order valence-corrected chi connectivity index (χ2v) is 8.81. The molecule has 0 bridgehead atoms. The Labute approximate surface area is 182 Å². The number of methoxy groups -OCH3 is 2. The Bertz CT molecular complexity index is 1110. The summed E-state index contributed by atoms with van der Waals surface area (Å²) < 4.78 is 44.1. The molecule has 2 aromatic carbocycles. The van der Waals surface area contributed by atoms with Crippen LogP contribution in [0.5, 0.6) is 17.4 Å². The average molecular weight is 444 g/mol. The van der Waals surface area contributed by atoms with E-state index in [9.17, 15) is 8.42 Å². The topological polar surface area (TPSA) is 99.6 Å². The van der Waals surface area contributed by atoms with Crippen LogP contribution < -0.4 is 18.9 Å². The van der Waals surface area contributed by atoms with Gasteiger partial charge in [0.25, 0.3) is 10.0 Å². The number of nitrogens with zero attached hydrogens (tertiary/aromatic N) is 2. The zero-order chi connectivity index (χ0) is 22.4. The molecule has 3 rings (SSSR count). The Balaban J connectivity index is 1.76. The molecular weight excluding hydrogens is 418 g/mol. The third-order valence-electron chi connectivity index (χ3n) is 4.30. The van der Waals surface area contributed by atoms with E-state index in [0.717, 1.165) is 5.56 Å². The summed E-state index contributed by atoms with van der Waals surface area (Å²) in [4.78, 5) is -0.0127. The smallest absolute Gasteiger partial charge is 0.265 e. The number of rotatable bonds is 9. The molecule has 3 aromatic rings. The molecule has 0 saturated heterocycles. The Hall–Kier alpha value is -3.33. The van der Waals surface area contributed by atoms with Crippen molar-refractivity contribution in [3.05, 3.63) is 54.6 Å². The van der Waals surface area contributed by atoms with Crippen LogP contribution in [0, 0.1) is 5.92 Å². The Morgan fingerprint density at radius 1 is 0.935 bits per heavy atom. The van der Waals surface area contributed by atoms with Crippen molar-refractivity contribution in [2.24, 2.45) is 5.92 Å². The van der Waals surface area contributed by atoms with Crippen LogP contribution in [0.1, 0.15) is 13.8 Å². The van der Waals surface area contributed by atoms with Crippen LogP contribution in [0.4, 0.5) is 5.69 Å². The fourth-order valence-corrected chi connectivity index (χ4v) is 3.96. The van der Waals surface area contributed by atoms with Crippen LogP contribution in [0.25, 0.3) is 11.3 Å². The molecule has 0 spiro atoms. The number of ether oxygens (including phenoxy) is 3. The maximum absolute atomic E-state index is 12.9. The Morgan fingerprint density at radius 2 is 1.68 bits per heavy atom. The molecule has 1 aromatic heterocycles. The van der Waals surface area contributed by atoms with Gasteiger partial charge in [-0.2, -0.15) is 0 Å². The summed E-state index contributed by atoms with van der Waals surface area (Å²) in [6.07, 6.45) is 0. The van der Waals surface area contributed by atoms with E-state index in [1.807, 2.05) is 6.07 Å². The van der Waals surface area contributed by atoms with Gasteiger partial charge in [-0.3, -0.25) is 4.72 Å². The van der Waals surface area contributed by atoms with E-state index < -0.39 is 10.0 Å². The molecule has 0 saturated carbocycles. The molecule has 9 heteroatoms. The van der Waals surface area contributed by atoms with Gasteiger partial charge in [0.05, 0.1) is 26.5 Å². The summed E-state index contributed by atoms with van der Waals surface area (Å²) in [5.74, 6) is 1.50. The molecule has 0 amide bonds. The number of anilines is 1. The van der Waals surface area contributed by atoms with Crippen molar-refractivity contribution >= 4 is 15.7 Å². The molecule has 0 fully saturated rings. The number of aromatic nitrogens is 2. The fourth-order valence-electron chi connectivity index (χ4n) is 2.72. The maximum atomic E-state index is 12.9. The first kappa shape index (κ1) is 22.4. The number of hydrogen-bond acceptors (Lipinski definition) is 7. The second kappa shape index (κ2) is 9.65. The molecule has 0 atom stereocenters. The molecule has 0 aliphatic carbocycles. The van der Waals surface area contributed by atoms with Gasteiger partial charge in [0.2, 0.25) is 5.88 Å². The molecular formula is C22H25N3O5S. The lowest BCUT2D eigenvalue weighted by atomic mass is 10.1. The summed E-state index contributed by atoms with van der Waals surface area (Å²) in [5, 5.41) is 8.25. The molecule has 0 unspecified atom stereocenters. The second-order valence-electron chi connectivity index (χ2n) is 7.16. The normalized spacial score (nSPS) is 11.3. The average Bonchev–Trinajstić information content (AvgIpc) is 2.78. The quantitative estimate of drug-likeness (QED) is 0.534. The maximum Gasteiger partial charge on any atom is 0.265 e. The highest BCUT2D eigenvalue weighted by Crippen LogP contribution is 2.30. The lowest BCUT2D eigenvalue weighted by Crippen LogP contribution is -2.14. The van der Waals surface area contributed by atoms with E-state index in [0.29, 0.717) is 35.5 Å². The number of nitrogens with one attached hydrogen (secondary N) is 1. The van der Waals surface area contributed by atoms with Gasteiger partial charge in [0.1, 0.15) is 16.4 Å². The number of hydrogen-bond donors (Lipinski definition) is 1. The van der Waals surface area contributed by atoms with E-state index in [1.54, 1.807) is 42.5 Å². The van der Waals surface area contributed by atoms with E-state index in [2.05, 4.69) is 28.8 Å². The lowest BCUT2D eigenvalue weighted by molar-refractivity contribution is 0.258. The third kappa shape index (κ3) is 5.64. The van der Waals surface area contributed by atoms with Crippen molar-refractivity contribution in [2.75, 3.05) is 25.5 Å². The van der Waals surface area contributed by atoms with Gasteiger partial charge in [-0.15, -0.1) is 10.2 Å². The minimum atomic E-state index is -3.88. The summed E-state index contributed by atoms with van der Waals surface area (Å²) in [6.45, 7) is 4.69.